The second-order valence-electron chi connectivity index (χ2n) is 5.23. The number of anilines is 2. The van der Waals surface area contributed by atoms with E-state index in [2.05, 4.69) is 5.32 Å². The lowest BCUT2D eigenvalue weighted by Gasteiger charge is -2.14. The van der Waals surface area contributed by atoms with Crippen molar-refractivity contribution in [1.82, 2.24) is 0 Å². The standard InChI is InChI=1S/C16H13NO6S2/c18-24(19,20)15-8-4-7-13-12(15)9-10-14(16(13)25(21,22)23)17-11-5-2-1-3-6-11/h1-10,17H,(H,18,19,20)(H,21,22,23). The fraction of sp³-hybridized carbons (Fsp3) is 0. The molecule has 0 aliphatic rings. The summed E-state index contributed by atoms with van der Waals surface area (Å²) in [5.74, 6) is 0. The Morgan fingerprint density at radius 1 is 0.680 bits per heavy atom. The van der Waals surface area contributed by atoms with Crippen molar-refractivity contribution >= 4 is 42.4 Å². The highest BCUT2D eigenvalue weighted by atomic mass is 32.2. The van der Waals surface area contributed by atoms with Crippen LogP contribution in [-0.2, 0) is 20.2 Å². The van der Waals surface area contributed by atoms with Gasteiger partial charge in [-0.25, -0.2) is 0 Å². The molecule has 0 saturated heterocycles. The molecule has 9 heteroatoms. The first-order valence-electron chi connectivity index (χ1n) is 7.01. The van der Waals surface area contributed by atoms with Crippen LogP contribution in [0.2, 0.25) is 0 Å². The Kier molecular flexibility index (Phi) is 4.25. The summed E-state index contributed by atoms with van der Waals surface area (Å²) in [5, 5.41) is 2.83. The van der Waals surface area contributed by atoms with Crippen LogP contribution in [0.25, 0.3) is 10.8 Å². The minimum Gasteiger partial charge on any atom is -0.354 e. The molecule has 0 fully saturated rings. The van der Waals surface area contributed by atoms with E-state index in [0.717, 1.165) is 6.07 Å². The Bertz CT molecular complexity index is 1160. The highest BCUT2D eigenvalue weighted by Crippen LogP contribution is 2.35. The van der Waals surface area contributed by atoms with Crippen molar-refractivity contribution < 1.29 is 25.9 Å². The lowest BCUT2D eigenvalue weighted by Crippen LogP contribution is -2.06. The zero-order valence-corrected chi connectivity index (χ0v) is 14.3. The molecule has 0 bridgehead atoms. The van der Waals surface area contributed by atoms with E-state index in [9.17, 15) is 25.9 Å². The summed E-state index contributed by atoms with van der Waals surface area (Å²) in [6.45, 7) is 0. The molecule has 7 nitrogen and oxygen atoms in total. The number of para-hydroxylation sites is 1. The summed E-state index contributed by atoms with van der Waals surface area (Å²) in [4.78, 5) is -0.916. The SMILES string of the molecule is O=S(=O)(O)c1cccc2c(S(=O)(=O)O)c(Nc3ccccc3)ccc12. The molecule has 0 aromatic heterocycles. The molecular formula is C16H13NO6S2. The molecule has 3 N–H and O–H groups in total. The molecule has 0 saturated carbocycles. The summed E-state index contributed by atoms with van der Waals surface area (Å²) in [7, 11) is -9.24. The summed E-state index contributed by atoms with van der Waals surface area (Å²) < 4.78 is 65.9. The van der Waals surface area contributed by atoms with Crippen molar-refractivity contribution in [3.63, 3.8) is 0 Å². The van der Waals surface area contributed by atoms with Crippen LogP contribution in [0.5, 0.6) is 0 Å². The Hall–Kier alpha value is -2.46. The number of rotatable bonds is 4. The number of hydrogen-bond donors (Lipinski definition) is 3. The number of benzene rings is 3. The molecule has 0 heterocycles. The van der Waals surface area contributed by atoms with Crippen LogP contribution in [0.4, 0.5) is 11.4 Å². The van der Waals surface area contributed by atoms with Gasteiger partial charge in [0.2, 0.25) is 0 Å². The van der Waals surface area contributed by atoms with Gasteiger partial charge in [0, 0.05) is 16.5 Å². The second-order valence-corrected chi connectivity index (χ2v) is 7.98. The fourth-order valence-electron chi connectivity index (χ4n) is 2.58. The monoisotopic (exact) mass is 379 g/mol. The van der Waals surface area contributed by atoms with Crippen molar-refractivity contribution in [1.29, 1.82) is 0 Å². The van der Waals surface area contributed by atoms with E-state index in [1.165, 1.54) is 24.3 Å². The van der Waals surface area contributed by atoms with Gasteiger partial charge in [-0.15, -0.1) is 0 Å². The molecule has 3 aromatic rings. The van der Waals surface area contributed by atoms with Gasteiger partial charge in [-0.05, 0) is 24.3 Å². The maximum atomic E-state index is 11.9. The van der Waals surface area contributed by atoms with Crippen LogP contribution in [0.15, 0.2) is 70.5 Å². The predicted octanol–water partition coefficient (Wildman–Crippen LogP) is 3.08. The molecule has 0 unspecified atom stereocenters. The zero-order valence-electron chi connectivity index (χ0n) is 12.6. The Labute approximate surface area is 144 Å². The van der Waals surface area contributed by atoms with Gasteiger partial charge in [0.1, 0.15) is 9.79 Å². The van der Waals surface area contributed by atoms with Crippen molar-refractivity contribution in [2.24, 2.45) is 0 Å². The summed E-state index contributed by atoms with van der Waals surface area (Å²) in [6.07, 6.45) is 0. The van der Waals surface area contributed by atoms with Crippen LogP contribution < -0.4 is 5.32 Å². The van der Waals surface area contributed by atoms with Crippen molar-refractivity contribution in [3.8, 4) is 0 Å². The third-order valence-electron chi connectivity index (χ3n) is 3.56. The number of nitrogens with one attached hydrogen (secondary N) is 1. The first-order chi connectivity index (χ1) is 11.7. The van der Waals surface area contributed by atoms with Gasteiger partial charge in [0.25, 0.3) is 20.2 Å². The largest absolute Gasteiger partial charge is 0.354 e. The Balaban J connectivity index is 2.34. The quantitative estimate of drug-likeness (QED) is 0.596. The summed E-state index contributed by atoms with van der Waals surface area (Å²) in [6, 6.07) is 15.1. The first-order valence-corrected chi connectivity index (χ1v) is 9.89. The van der Waals surface area contributed by atoms with E-state index >= 15 is 0 Å². The molecule has 130 valence electrons. The molecule has 0 radical (unpaired) electrons. The third-order valence-corrected chi connectivity index (χ3v) is 5.43. The van der Waals surface area contributed by atoms with Gasteiger partial charge in [-0.3, -0.25) is 9.11 Å². The number of fused-ring (bicyclic) bond motifs is 1. The lowest BCUT2D eigenvalue weighted by molar-refractivity contribution is 0.481. The van der Waals surface area contributed by atoms with E-state index in [-0.39, 0.29) is 16.5 Å². The molecule has 0 aliphatic carbocycles. The van der Waals surface area contributed by atoms with E-state index in [4.69, 9.17) is 0 Å². The van der Waals surface area contributed by atoms with Crippen LogP contribution >= 0.6 is 0 Å². The zero-order chi connectivity index (χ0) is 18.2. The molecule has 0 aliphatic heterocycles. The minimum atomic E-state index is -4.68. The van der Waals surface area contributed by atoms with Crippen LogP contribution in [0.3, 0.4) is 0 Å². The summed E-state index contributed by atoms with van der Waals surface area (Å²) >= 11 is 0. The molecular weight excluding hydrogens is 366 g/mol. The molecule has 0 amide bonds. The van der Waals surface area contributed by atoms with E-state index < -0.39 is 30.0 Å². The topological polar surface area (TPSA) is 121 Å². The first kappa shape index (κ1) is 17.4. The lowest BCUT2D eigenvalue weighted by atomic mass is 10.1. The predicted molar refractivity (Wildman–Crippen MR) is 93.3 cm³/mol. The highest BCUT2D eigenvalue weighted by molar-refractivity contribution is 7.86. The normalized spacial score (nSPS) is 12.2. The maximum Gasteiger partial charge on any atom is 0.297 e. The van der Waals surface area contributed by atoms with E-state index in [1.807, 2.05) is 0 Å². The van der Waals surface area contributed by atoms with E-state index in [1.54, 1.807) is 30.3 Å². The minimum absolute atomic E-state index is 0.0174. The Morgan fingerprint density at radius 3 is 1.96 bits per heavy atom. The van der Waals surface area contributed by atoms with Gasteiger partial charge in [-0.1, -0.05) is 36.4 Å². The second kappa shape index (κ2) is 6.12. The van der Waals surface area contributed by atoms with Crippen LogP contribution in [-0.4, -0.2) is 25.9 Å². The Morgan fingerprint density at radius 2 is 1.36 bits per heavy atom. The molecule has 0 atom stereocenters. The maximum absolute atomic E-state index is 11.9. The molecule has 25 heavy (non-hydrogen) atoms. The van der Waals surface area contributed by atoms with Gasteiger partial charge in [0.15, 0.2) is 0 Å². The van der Waals surface area contributed by atoms with Crippen LogP contribution in [0, 0.1) is 0 Å². The van der Waals surface area contributed by atoms with Gasteiger partial charge in [-0.2, -0.15) is 16.8 Å². The third kappa shape index (κ3) is 3.49. The fourth-order valence-corrected chi connectivity index (χ4v) is 4.14. The molecule has 0 spiro atoms. The van der Waals surface area contributed by atoms with Crippen molar-refractivity contribution in [3.05, 3.63) is 60.7 Å². The van der Waals surface area contributed by atoms with E-state index in [0.29, 0.717) is 5.69 Å². The van der Waals surface area contributed by atoms with Crippen molar-refractivity contribution in [2.75, 3.05) is 5.32 Å². The van der Waals surface area contributed by atoms with Gasteiger partial charge >= 0.3 is 0 Å². The molecule has 3 aromatic carbocycles. The smallest absolute Gasteiger partial charge is 0.297 e. The average molecular weight is 379 g/mol. The average Bonchev–Trinajstić information content (AvgIpc) is 2.53. The highest BCUT2D eigenvalue weighted by Gasteiger charge is 2.23. The van der Waals surface area contributed by atoms with Gasteiger partial charge < -0.3 is 5.32 Å². The molecule has 3 rings (SSSR count). The van der Waals surface area contributed by atoms with Crippen molar-refractivity contribution in [2.45, 2.75) is 9.79 Å². The summed E-state index contributed by atoms with van der Waals surface area (Å²) in [5.41, 5.74) is 0.659. The van der Waals surface area contributed by atoms with Gasteiger partial charge in [0.05, 0.1) is 5.69 Å². The number of hydrogen-bond acceptors (Lipinski definition) is 5. The van der Waals surface area contributed by atoms with Crippen LogP contribution in [0.1, 0.15) is 0 Å².